The number of halogens is 1. The third-order valence-corrected chi connectivity index (χ3v) is 6.82. The second-order valence-electron chi connectivity index (χ2n) is 10.8. The van der Waals surface area contributed by atoms with Crippen molar-refractivity contribution in [2.45, 2.75) is 58.1 Å². The Kier molecular flexibility index (Phi) is 8.27. The molecule has 1 aliphatic carbocycles. The van der Waals surface area contributed by atoms with Gasteiger partial charge in [0.15, 0.2) is 5.78 Å². The third-order valence-electron chi connectivity index (χ3n) is 6.58. The largest absolute Gasteiger partial charge is 0.495 e. The van der Waals surface area contributed by atoms with Gasteiger partial charge in [-0.15, -0.1) is 0 Å². The molecule has 0 N–H and O–H groups in total. The fourth-order valence-corrected chi connectivity index (χ4v) is 4.64. The van der Waals surface area contributed by atoms with Crippen LogP contribution in [0.1, 0.15) is 67.6 Å². The number of esters is 1. The number of aromatic nitrogens is 1. The van der Waals surface area contributed by atoms with Gasteiger partial charge in [0, 0.05) is 28.6 Å². The molecule has 1 unspecified atom stereocenters. The van der Waals surface area contributed by atoms with Crippen molar-refractivity contribution < 1.29 is 19.1 Å². The van der Waals surface area contributed by atoms with Gasteiger partial charge in [-0.1, -0.05) is 36.6 Å². The van der Waals surface area contributed by atoms with Gasteiger partial charge in [0.05, 0.1) is 36.5 Å². The van der Waals surface area contributed by atoms with E-state index < -0.39 is 17.6 Å². The Hall–Kier alpha value is -3.89. The number of Topliss-reactive ketones (excluding diaryl/α,β-unsaturated/α-hetero) is 1. The van der Waals surface area contributed by atoms with Gasteiger partial charge in [0.2, 0.25) is 0 Å². The number of carbonyl (C=O) groups excluding carboxylic acids is 2. The van der Waals surface area contributed by atoms with Crippen LogP contribution in [0, 0.1) is 17.2 Å². The molecule has 0 spiro atoms. The number of ketones is 1. The van der Waals surface area contributed by atoms with Crippen LogP contribution in [0.4, 0.5) is 0 Å². The number of benzene rings is 2. The highest BCUT2D eigenvalue weighted by atomic mass is 35.5. The standard InChI is InChI=1S/C31H31ClN2O5/c1-31(2,3)39-30(37)21-9-7-20(8-10-21)14-27(35)26(13-19-5-6-19)34-18-28(38-4)25(16-29(34)36)24-15-23(32)12-11-22(24)17-33/h7-12,15-16,18-19,26H,5-6,13-14H2,1-4H3. The van der Waals surface area contributed by atoms with E-state index in [2.05, 4.69) is 6.07 Å². The Morgan fingerprint density at radius 3 is 2.38 bits per heavy atom. The predicted molar refractivity (Wildman–Crippen MR) is 149 cm³/mol. The summed E-state index contributed by atoms with van der Waals surface area (Å²) < 4.78 is 12.5. The van der Waals surface area contributed by atoms with E-state index in [1.165, 1.54) is 17.7 Å². The van der Waals surface area contributed by atoms with E-state index in [0.717, 1.165) is 18.4 Å². The molecule has 39 heavy (non-hydrogen) atoms. The Morgan fingerprint density at radius 2 is 1.79 bits per heavy atom. The van der Waals surface area contributed by atoms with Gasteiger partial charge in [-0.25, -0.2) is 4.79 Å². The molecule has 3 aromatic rings. The van der Waals surface area contributed by atoms with Crippen LogP contribution in [0.3, 0.4) is 0 Å². The van der Waals surface area contributed by atoms with E-state index in [1.807, 2.05) is 0 Å². The molecule has 0 radical (unpaired) electrons. The maximum Gasteiger partial charge on any atom is 0.338 e. The molecule has 0 aliphatic heterocycles. The summed E-state index contributed by atoms with van der Waals surface area (Å²) in [7, 11) is 1.48. The van der Waals surface area contributed by atoms with Crippen LogP contribution in [0.2, 0.25) is 5.02 Å². The molecule has 1 fully saturated rings. The van der Waals surface area contributed by atoms with Crippen LogP contribution < -0.4 is 10.3 Å². The van der Waals surface area contributed by atoms with Gasteiger partial charge in [0.1, 0.15) is 11.4 Å². The Bertz CT molecular complexity index is 1490. The lowest BCUT2D eigenvalue weighted by molar-refractivity contribution is -0.122. The minimum atomic E-state index is -0.673. The molecule has 1 atom stereocenters. The van der Waals surface area contributed by atoms with E-state index in [0.29, 0.717) is 45.4 Å². The van der Waals surface area contributed by atoms with E-state index in [1.54, 1.807) is 69.4 Å². The number of methoxy groups -OCH3 is 1. The van der Waals surface area contributed by atoms with Gasteiger partial charge in [-0.2, -0.15) is 5.26 Å². The number of pyridine rings is 1. The number of hydrogen-bond acceptors (Lipinski definition) is 6. The van der Waals surface area contributed by atoms with Gasteiger partial charge < -0.3 is 14.0 Å². The van der Waals surface area contributed by atoms with Crippen LogP contribution in [-0.4, -0.2) is 29.0 Å². The lowest BCUT2D eigenvalue weighted by atomic mass is 9.97. The van der Waals surface area contributed by atoms with Gasteiger partial charge >= 0.3 is 5.97 Å². The maximum atomic E-state index is 13.6. The van der Waals surface area contributed by atoms with E-state index in [9.17, 15) is 19.6 Å². The molecule has 1 aromatic heterocycles. The second kappa shape index (κ2) is 11.5. The van der Waals surface area contributed by atoms with E-state index >= 15 is 0 Å². The van der Waals surface area contributed by atoms with Gasteiger partial charge in [-0.3, -0.25) is 9.59 Å². The molecule has 0 amide bonds. The molecule has 202 valence electrons. The summed E-state index contributed by atoms with van der Waals surface area (Å²) in [5.41, 5.74) is 1.46. The summed E-state index contributed by atoms with van der Waals surface area (Å²) in [5, 5.41) is 10.0. The summed E-state index contributed by atoms with van der Waals surface area (Å²) in [6, 6.07) is 14.4. The first-order valence-electron chi connectivity index (χ1n) is 12.8. The van der Waals surface area contributed by atoms with Crippen LogP contribution in [0.15, 0.2) is 59.5 Å². The second-order valence-corrected chi connectivity index (χ2v) is 11.3. The molecule has 0 bridgehead atoms. The molecule has 7 nitrogen and oxygen atoms in total. The quantitative estimate of drug-likeness (QED) is 0.298. The first-order valence-corrected chi connectivity index (χ1v) is 13.2. The zero-order valence-corrected chi connectivity index (χ0v) is 23.2. The number of nitriles is 1. The molecule has 1 heterocycles. The Labute approximate surface area is 232 Å². The van der Waals surface area contributed by atoms with Crippen molar-refractivity contribution in [3.05, 3.63) is 86.8 Å². The number of rotatable bonds is 9. The molecule has 4 rings (SSSR count). The van der Waals surface area contributed by atoms with Crippen LogP contribution in [0.5, 0.6) is 5.75 Å². The number of carbonyl (C=O) groups is 2. The minimum absolute atomic E-state index is 0.107. The fraction of sp³-hybridized carbons (Fsp3) is 0.355. The van der Waals surface area contributed by atoms with Crippen LogP contribution in [-0.2, 0) is 16.0 Å². The summed E-state index contributed by atoms with van der Waals surface area (Å²) >= 11 is 6.17. The zero-order chi connectivity index (χ0) is 28.3. The lowest BCUT2D eigenvalue weighted by Gasteiger charge is -2.21. The first kappa shape index (κ1) is 28.1. The van der Waals surface area contributed by atoms with Crippen molar-refractivity contribution in [3.63, 3.8) is 0 Å². The Balaban J connectivity index is 1.63. The average Bonchev–Trinajstić information content (AvgIpc) is 3.71. The molecular weight excluding hydrogens is 516 g/mol. The van der Waals surface area contributed by atoms with Crippen molar-refractivity contribution in [1.82, 2.24) is 4.57 Å². The number of ether oxygens (including phenoxy) is 2. The first-order chi connectivity index (χ1) is 18.5. The van der Waals surface area contributed by atoms with Crippen LogP contribution >= 0.6 is 11.6 Å². The minimum Gasteiger partial charge on any atom is -0.495 e. The molecule has 0 saturated heterocycles. The highest BCUT2D eigenvalue weighted by Crippen LogP contribution is 2.39. The normalized spacial score (nSPS) is 13.8. The monoisotopic (exact) mass is 546 g/mol. The smallest absolute Gasteiger partial charge is 0.338 e. The molecule has 1 saturated carbocycles. The fourth-order valence-electron chi connectivity index (χ4n) is 4.47. The molecule has 2 aromatic carbocycles. The van der Waals surface area contributed by atoms with Crippen molar-refractivity contribution in [2.75, 3.05) is 7.11 Å². The molecule has 8 heteroatoms. The van der Waals surface area contributed by atoms with Crippen molar-refractivity contribution in [1.29, 1.82) is 5.26 Å². The van der Waals surface area contributed by atoms with Gasteiger partial charge in [-0.05, 0) is 69.0 Å². The number of nitrogens with zero attached hydrogens (tertiary/aromatic N) is 2. The molecular formula is C31H31ClN2O5. The van der Waals surface area contributed by atoms with Crippen molar-refractivity contribution >= 4 is 23.4 Å². The molecule has 1 aliphatic rings. The average molecular weight is 547 g/mol. The SMILES string of the molecule is COc1cn(C(CC2CC2)C(=O)Cc2ccc(C(=O)OC(C)(C)C)cc2)c(=O)cc1-c1cc(Cl)ccc1C#N. The predicted octanol–water partition coefficient (Wildman–Crippen LogP) is 6.16. The van der Waals surface area contributed by atoms with Crippen molar-refractivity contribution in [2.24, 2.45) is 5.92 Å². The lowest BCUT2D eigenvalue weighted by Crippen LogP contribution is -2.31. The van der Waals surface area contributed by atoms with Crippen LogP contribution in [0.25, 0.3) is 11.1 Å². The summed E-state index contributed by atoms with van der Waals surface area (Å²) in [4.78, 5) is 39.3. The maximum absolute atomic E-state index is 13.6. The highest BCUT2D eigenvalue weighted by Gasteiger charge is 2.31. The summed E-state index contributed by atoms with van der Waals surface area (Å²) in [6.45, 7) is 5.41. The topological polar surface area (TPSA) is 98.4 Å². The third kappa shape index (κ3) is 6.96. The summed E-state index contributed by atoms with van der Waals surface area (Å²) in [6.07, 6.45) is 4.25. The number of hydrogen-bond donors (Lipinski definition) is 0. The summed E-state index contributed by atoms with van der Waals surface area (Å²) in [5.74, 6) is 0.210. The highest BCUT2D eigenvalue weighted by molar-refractivity contribution is 6.31. The Morgan fingerprint density at radius 1 is 1.10 bits per heavy atom. The van der Waals surface area contributed by atoms with E-state index in [-0.39, 0.29) is 17.8 Å². The zero-order valence-electron chi connectivity index (χ0n) is 22.5. The van der Waals surface area contributed by atoms with Crippen molar-refractivity contribution in [3.8, 4) is 22.9 Å². The van der Waals surface area contributed by atoms with E-state index in [4.69, 9.17) is 21.1 Å². The van der Waals surface area contributed by atoms with Gasteiger partial charge in [0.25, 0.3) is 5.56 Å².